The van der Waals surface area contributed by atoms with Gasteiger partial charge in [0.25, 0.3) is 0 Å². The van der Waals surface area contributed by atoms with Crippen LogP contribution in [0.5, 0.6) is 0 Å². The molecule has 0 spiro atoms. The van der Waals surface area contributed by atoms with Crippen LogP contribution >= 0.6 is 0 Å². The summed E-state index contributed by atoms with van der Waals surface area (Å²) in [6.07, 6.45) is 4.48. The zero-order chi connectivity index (χ0) is 19.7. The van der Waals surface area contributed by atoms with Crippen molar-refractivity contribution in [2.45, 2.75) is 59.1 Å². The number of hydrogen-bond donors (Lipinski definition) is 1. The standard InChI is InChI=1S/C23H34N2O2/c1-6-18(12-17-10-8-7-9-11-17)19-13-20(19)24-14-23(5)15-25(16-23)21(26)27-22(2,3)4/h7-12,19-20,24H,6,13-16H2,1-5H3/b18-12+/t19-,20+/m0/s1. The van der Waals surface area contributed by atoms with Gasteiger partial charge in [0, 0.05) is 31.1 Å². The van der Waals surface area contributed by atoms with E-state index in [1.807, 2.05) is 25.7 Å². The number of hydrogen-bond acceptors (Lipinski definition) is 3. The largest absolute Gasteiger partial charge is 0.444 e. The average molecular weight is 371 g/mol. The van der Waals surface area contributed by atoms with Crippen molar-refractivity contribution in [3.63, 3.8) is 0 Å². The van der Waals surface area contributed by atoms with E-state index in [4.69, 9.17) is 4.74 Å². The Morgan fingerprint density at radius 3 is 2.56 bits per heavy atom. The van der Waals surface area contributed by atoms with Gasteiger partial charge in [0.1, 0.15) is 5.60 Å². The van der Waals surface area contributed by atoms with Crippen LogP contribution < -0.4 is 5.32 Å². The zero-order valence-corrected chi connectivity index (χ0v) is 17.4. The second kappa shape index (κ2) is 7.67. The SMILES string of the molecule is CC/C(=C\c1ccccc1)[C@@H]1C[C@H]1NCC1(C)CN(C(=O)OC(C)(C)C)C1. The first kappa shape index (κ1) is 19.9. The van der Waals surface area contributed by atoms with Gasteiger partial charge in [-0.05, 0) is 45.1 Å². The fourth-order valence-electron chi connectivity index (χ4n) is 3.89. The Morgan fingerprint density at radius 1 is 1.30 bits per heavy atom. The molecule has 0 bridgehead atoms. The molecule has 4 nitrogen and oxygen atoms in total. The number of benzene rings is 1. The fraction of sp³-hybridized carbons (Fsp3) is 0.609. The lowest BCUT2D eigenvalue weighted by Gasteiger charge is -2.48. The molecule has 1 aliphatic carbocycles. The molecule has 1 saturated heterocycles. The van der Waals surface area contributed by atoms with Gasteiger partial charge in [0.05, 0.1) is 0 Å². The maximum absolute atomic E-state index is 12.1. The molecule has 1 aliphatic heterocycles. The second-order valence-electron chi connectivity index (χ2n) is 9.46. The molecule has 0 radical (unpaired) electrons. The molecule has 1 heterocycles. The molecule has 3 rings (SSSR count). The van der Waals surface area contributed by atoms with Crippen LogP contribution in [0.25, 0.3) is 6.08 Å². The van der Waals surface area contributed by atoms with Gasteiger partial charge >= 0.3 is 6.09 Å². The third kappa shape index (κ3) is 5.35. The first-order valence-electron chi connectivity index (χ1n) is 10.2. The van der Waals surface area contributed by atoms with Crippen molar-refractivity contribution in [1.82, 2.24) is 10.2 Å². The molecule has 0 aromatic heterocycles. The minimum absolute atomic E-state index is 0.152. The minimum atomic E-state index is -0.426. The Balaban J connectivity index is 1.44. The molecule has 4 heteroatoms. The van der Waals surface area contributed by atoms with Gasteiger partial charge in [-0.3, -0.25) is 0 Å². The minimum Gasteiger partial charge on any atom is -0.444 e. The van der Waals surface area contributed by atoms with Gasteiger partial charge in [0.15, 0.2) is 0 Å². The number of carbonyl (C=O) groups excluding carboxylic acids is 1. The van der Waals surface area contributed by atoms with Crippen molar-refractivity contribution < 1.29 is 9.53 Å². The van der Waals surface area contributed by atoms with Crippen LogP contribution in [0.15, 0.2) is 35.9 Å². The maximum Gasteiger partial charge on any atom is 0.410 e. The normalized spacial score (nSPS) is 24.3. The third-order valence-corrected chi connectivity index (χ3v) is 5.41. The molecule has 2 fully saturated rings. The number of amides is 1. The third-order valence-electron chi connectivity index (χ3n) is 5.41. The van der Waals surface area contributed by atoms with Crippen LogP contribution in [-0.4, -0.2) is 42.3 Å². The molecular formula is C23H34N2O2. The van der Waals surface area contributed by atoms with Gasteiger partial charge in [-0.15, -0.1) is 0 Å². The van der Waals surface area contributed by atoms with Crippen molar-refractivity contribution in [1.29, 1.82) is 0 Å². The highest BCUT2D eigenvalue weighted by Crippen LogP contribution is 2.41. The molecule has 1 amide bonds. The Hall–Kier alpha value is -1.81. The van der Waals surface area contributed by atoms with Crippen LogP contribution in [0.3, 0.4) is 0 Å². The summed E-state index contributed by atoms with van der Waals surface area (Å²) >= 11 is 0. The van der Waals surface area contributed by atoms with Crippen LogP contribution in [0.1, 0.15) is 53.0 Å². The van der Waals surface area contributed by atoms with Gasteiger partial charge < -0.3 is 15.0 Å². The summed E-state index contributed by atoms with van der Waals surface area (Å²) in [5, 5.41) is 3.74. The van der Waals surface area contributed by atoms with E-state index in [2.05, 4.69) is 55.6 Å². The molecular weight excluding hydrogens is 336 g/mol. The molecule has 1 saturated carbocycles. The van der Waals surface area contributed by atoms with E-state index in [0.29, 0.717) is 12.0 Å². The smallest absolute Gasteiger partial charge is 0.410 e. The van der Waals surface area contributed by atoms with Crippen molar-refractivity contribution in [2.24, 2.45) is 11.3 Å². The van der Waals surface area contributed by atoms with E-state index in [-0.39, 0.29) is 11.5 Å². The summed E-state index contributed by atoms with van der Waals surface area (Å²) in [5.74, 6) is 0.654. The highest BCUT2D eigenvalue weighted by Gasteiger charge is 2.45. The molecule has 2 aliphatic rings. The summed E-state index contributed by atoms with van der Waals surface area (Å²) in [5.41, 5.74) is 2.55. The summed E-state index contributed by atoms with van der Waals surface area (Å²) in [6, 6.07) is 11.2. The maximum atomic E-state index is 12.1. The van der Waals surface area contributed by atoms with E-state index >= 15 is 0 Å². The van der Waals surface area contributed by atoms with Gasteiger partial charge in [-0.1, -0.05) is 55.8 Å². The highest BCUT2D eigenvalue weighted by atomic mass is 16.6. The number of rotatable bonds is 6. The first-order valence-corrected chi connectivity index (χ1v) is 10.2. The quantitative estimate of drug-likeness (QED) is 0.788. The van der Waals surface area contributed by atoms with Crippen LogP contribution in [0.2, 0.25) is 0 Å². The predicted molar refractivity (Wildman–Crippen MR) is 111 cm³/mol. The van der Waals surface area contributed by atoms with E-state index in [1.54, 1.807) is 0 Å². The lowest BCUT2D eigenvalue weighted by Crippen LogP contribution is -2.61. The number of carbonyl (C=O) groups is 1. The summed E-state index contributed by atoms with van der Waals surface area (Å²) in [6.45, 7) is 12.7. The van der Waals surface area contributed by atoms with Crippen LogP contribution in [0.4, 0.5) is 4.79 Å². The lowest BCUT2D eigenvalue weighted by molar-refractivity contribution is -0.0273. The Morgan fingerprint density at radius 2 is 1.96 bits per heavy atom. The molecule has 148 valence electrons. The Labute approximate surface area is 164 Å². The zero-order valence-electron chi connectivity index (χ0n) is 17.4. The molecule has 1 aromatic rings. The van der Waals surface area contributed by atoms with Crippen molar-refractivity contribution >= 4 is 12.2 Å². The highest BCUT2D eigenvalue weighted by molar-refractivity contribution is 5.69. The summed E-state index contributed by atoms with van der Waals surface area (Å²) in [7, 11) is 0. The Kier molecular flexibility index (Phi) is 5.66. The number of ether oxygens (including phenoxy) is 1. The topological polar surface area (TPSA) is 41.6 Å². The number of nitrogens with one attached hydrogen (secondary N) is 1. The molecule has 1 N–H and O–H groups in total. The molecule has 27 heavy (non-hydrogen) atoms. The fourth-order valence-corrected chi connectivity index (χ4v) is 3.89. The first-order chi connectivity index (χ1) is 12.7. The van der Waals surface area contributed by atoms with E-state index in [9.17, 15) is 4.79 Å². The Bertz CT molecular complexity index is 684. The summed E-state index contributed by atoms with van der Waals surface area (Å²) < 4.78 is 5.45. The van der Waals surface area contributed by atoms with Crippen LogP contribution in [0, 0.1) is 11.3 Å². The number of nitrogens with zero attached hydrogens (tertiary/aromatic N) is 1. The van der Waals surface area contributed by atoms with E-state index in [0.717, 1.165) is 26.1 Å². The van der Waals surface area contributed by atoms with Crippen LogP contribution in [-0.2, 0) is 4.74 Å². The second-order valence-corrected chi connectivity index (χ2v) is 9.46. The van der Waals surface area contributed by atoms with Gasteiger partial charge in [-0.25, -0.2) is 4.79 Å². The van der Waals surface area contributed by atoms with Crippen molar-refractivity contribution in [2.75, 3.05) is 19.6 Å². The van der Waals surface area contributed by atoms with E-state index < -0.39 is 5.60 Å². The average Bonchev–Trinajstić information content (AvgIpc) is 3.34. The predicted octanol–water partition coefficient (Wildman–Crippen LogP) is 4.72. The summed E-state index contributed by atoms with van der Waals surface area (Å²) in [4.78, 5) is 13.9. The molecule has 0 unspecified atom stereocenters. The van der Waals surface area contributed by atoms with Crippen molar-refractivity contribution in [3.05, 3.63) is 41.5 Å². The monoisotopic (exact) mass is 370 g/mol. The number of likely N-dealkylation sites (tertiary alicyclic amines) is 1. The van der Waals surface area contributed by atoms with Gasteiger partial charge in [0.2, 0.25) is 0 Å². The van der Waals surface area contributed by atoms with Crippen molar-refractivity contribution in [3.8, 4) is 0 Å². The van der Waals surface area contributed by atoms with E-state index in [1.165, 1.54) is 17.6 Å². The molecule has 2 atom stereocenters. The molecule has 1 aromatic carbocycles. The van der Waals surface area contributed by atoms with Gasteiger partial charge in [-0.2, -0.15) is 0 Å². The lowest BCUT2D eigenvalue weighted by atomic mass is 9.82.